The molecule has 4 heteroatoms. The summed E-state index contributed by atoms with van der Waals surface area (Å²) in [5, 5.41) is 0. The van der Waals surface area contributed by atoms with Crippen LogP contribution in [0.4, 0.5) is 4.39 Å². The van der Waals surface area contributed by atoms with Gasteiger partial charge in [-0.1, -0.05) is 13.8 Å². The van der Waals surface area contributed by atoms with Gasteiger partial charge in [0.05, 0.1) is 5.69 Å². The molecule has 0 saturated heterocycles. The zero-order chi connectivity index (χ0) is 10.3. The lowest BCUT2D eigenvalue weighted by atomic mass is 10.2. The fourth-order valence-corrected chi connectivity index (χ4v) is 1.30. The van der Waals surface area contributed by atoms with Crippen LogP contribution in [0, 0.1) is 12.7 Å². The molecule has 0 bridgehead atoms. The van der Waals surface area contributed by atoms with E-state index in [4.69, 9.17) is 0 Å². The number of fused-ring (bicyclic) bond motifs is 1. The first-order valence-electron chi connectivity index (χ1n) is 4.60. The van der Waals surface area contributed by atoms with Crippen LogP contribution in [0.5, 0.6) is 0 Å². The maximum atomic E-state index is 13.1. The summed E-state index contributed by atoms with van der Waals surface area (Å²) in [6, 6.07) is 1.42. The molecule has 2 rings (SSSR count). The van der Waals surface area contributed by atoms with Crippen LogP contribution in [-0.4, -0.2) is 15.0 Å². The van der Waals surface area contributed by atoms with Gasteiger partial charge in [0.25, 0.3) is 0 Å². The van der Waals surface area contributed by atoms with Gasteiger partial charge in [0.2, 0.25) is 0 Å². The molecule has 0 unspecified atom stereocenters. The summed E-state index contributed by atoms with van der Waals surface area (Å²) in [7, 11) is 0. The molecule has 3 nitrogen and oxygen atoms in total. The molecule has 0 spiro atoms. The molecule has 1 N–H and O–H groups in total. The first-order valence-corrected chi connectivity index (χ1v) is 4.60. The van der Waals surface area contributed by atoms with Crippen LogP contribution >= 0.6 is 0 Å². The van der Waals surface area contributed by atoms with Crippen LogP contribution in [0.3, 0.4) is 0 Å². The molecule has 0 radical (unpaired) electrons. The SMILES string of the molecule is Cc1nc2[nH]c(C(C)C)nc2cc1F. The van der Waals surface area contributed by atoms with Crippen molar-refractivity contribution in [2.75, 3.05) is 0 Å². The molecular formula is C10H12FN3. The molecule has 2 aromatic heterocycles. The van der Waals surface area contributed by atoms with E-state index in [0.29, 0.717) is 22.8 Å². The lowest BCUT2D eigenvalue weighted by Crippen LogP contribution is -1.89. The second kappa shape index (κ2) is 3.04. The van der Waals surface area contributed by atoms with Gasteiger partial charge in [-0.15, -0.1) is 0 Å². The molecule has 0 saturated carbocycles. The highest BCUT2D eigenvalue weighted by atomic mass is 19.1. The highest BCUT2D eigenvalue weighted by Crippen LogP contribution is 2.17. The molecule has 2 aromatic rings. The highest BCUT2D eigenvalue weighted by molar-refractivity contribution is 5.70. The van der Waals surface area contributed by atoms with Gasteiger partial charge in [0.1, 0.15) is 17.2 Å². The van der Waals surface area contributed by atoms with E-state index < -0.39 is 0 Å². The van der Waals surface area contributed by atoms with Crippen molar-refractivity contribution in [2.24, 2.45) is 0 Å². The van der Waals surface area contributed by atoms with E-state index in [9.17, 15) is 4.39 Å². The van der Waals surface area contributed by atoms with Gasteiger partial charge in [0.15, 0.2) is 5.65 Å². The number of nitrogens with one attached hydrogen (secondary N) is 1. The van der Waals surface area contributed by atoms with Crippen LogP contribution in [0.2, 0.25) is 0 Å². The van der Waals surface area contributed by atoms with E-state index in [0.717, 1.165) is 5.82 Å². The quantitative estimate of drug-likeness (QED) is 0.756. The Labute approximate surface area is 81.4 Å². The molecule has 74 valence electrons. The van der Waals surface area contributed by atoms with Gasteiger partial charge in [-0.2, -0.15) is 0 Å². The molecular weight excluding hydrogens is 181 g/mol. The minimum absolute atomic E-state index is 0.299. The van der Waals surface area contributed by atoms with Gasteiger partial charge in [0, 0.05) is 12.0 Å². The number of H-pyrrole nitrogens is 1. The zero-order valence-corrected chi connectivity index (χ0v) is 8.43. The average Bonchev–Trinajstić information content (AvgIpc) is 2.48. The van der Waals surface area contributed by atoms with E-state index >= 15 is 0 Å². The third kappa shape index (κ3) is 1.36. The van der Waals surface area contributed by atoms with Gasteiger partial charge < -0.3 is 4.98 Å². The van der Waals surface area contributed by atoms with Crippen molar-refractivity contribution in [3.05, 3.63) is 23.4 Å². The third-order valence-electron chi connectivity index (χ3n) is 2.17. The number of halogens is 1. The van der Waals surface area contributed by atoms with E-state index in [1.165, 1.54) is 6.07 Å². The van der Waals surface area contributed by atoms with Crippen molar-refractivity contribution >= 4 is 11.2 Å². The Morgan fingerprint density at radius 2 is 2.07 bits per heavy atom. The zero-order valence-electron chi connectivity index (χ0n) is 8.43. The number of aromatic amines is 1. The van der Waals surface area contributed by atoms with Crippen LogP contribution in [0.15, 0.2) is 6.07 Å². The maximum Gasteiger partial charge on any atom is 0.157 e. The van der Waals surface area contributed by atoms with Crippen molar-refractivity contribution < 1.29 is 4.39 Å². The number of pyridine rings is 1. The lowest BCUT2D eigenvalue weighted by molar-refractivity contribution is 0.612. The summed E-state index contributed by atoms with van der Waals surface area (Å²) in [6.07, 6.45) is 0. The van der Waals surface area contributed by atoms with Crippen LogP contribution in [0.1, 0.15) is 31.3 Å². The van der Waals surface area contributed by atoms with E-state index in [1.54, 1.807) is 6.92 Å². The summed E-state index contributed by atoms with van der Waals surface area (Å²) in [4.78, 5) is 11.4. The Morgan fingerprint density at radius 1 is 1.36 bits per heavy atom. The smallest absolute Gasteiger partial charge is 0.157 e. The predicted molar refractivity (Wildman–Crippen MR) is 52.7 cm³/mol. The fraction of sp³-hybridized carbons (Fsp3) is 0.400. The molecule has 0 aliphatic heterocycles. The Bertz CT molecular complexity index is 434. The molecule has 0 aliphatic carbocycles. The highest BCUT2D eigenvalue weighted by Gasteiger charge is 2.09. The second-order valence-corrected chi connectivity index (χ2v) is 3.70. The van der Waals surface area contributed by atoms with E-state index in [1.807, 2.05) is 13.8 Å². The molecule has 0 aliphatic rings. The predicted octanol–water partition coefficient (Wildman–Crippen LogP) is 2.53. The molecule has 0 amide bonds. The van der Waals surface area contributed by atoms with Crippen LogP contribution in [-0.2, 0) is 0 Å². The summed E-state index contributed by atoms with van der Waals surface area (Å²) in [5.74, 6) is 0.837. The Balaban J connectivity index is 2.66. The van der Waals surface area contributed by atoms with Crippen molar-refractivity contribution in [1.29, 1.82) is 0 Å². The molecule has 0 atom stereocenters. The lowest BCUT2D eigenvalue weighted by Gasteiger charge is -1.95. The van der Waals surface area contributed by atoms with Crippen molar-refractivity contribution in [2.45, 2.75) is 26.7 Å². The first-order chi connectivity index (χ1) is 6.58. The fourth-order valence-electron chi connectivity index (χ4n) is 1.30. The topological polar surface area (TPSA) is 41.6 Å². The number of rotatable bonds is 1. The average molecular weight is 193 g/mol. The van der Waals surface area contributed by atoms with Gasteiger partial charge in [-0.05, 0) is 6.92 Å². The molecule has 0 fully saturated rings. The van der Waals surface area contributed by atoms with Crippen molar-refractivity contribution in [3.8, 4) is 0 Å². The van der Waals surface area contributed by atoms with Gasteiger partial charge >= 0.3 is 0 Å². The summed E-state index contributed by atoms with van der Waals surface area (Å²) in [6.45, 7) is 5.70. The van der Waals surface area contributed by atoms with Crippen molar-refractivity contribution in [1.82, 2.24) is 15.0 Å². The van der Waals surface area contributed by atoms with Crippen LogP contribution in [0.25, 0.3) is 11.2 Å². The number of imidazole rings is 1. The Hall–Kier alpha value is -1.45. The number of nitrogens with zero attached hydrogens (tertiary/aromatic N) is 2. The van der Waals surface area contributed by atoms with E-state index in [-0.39, 0.29) is 5.82 Å². The summed E-state index contributed by atoms with van der Waals surface area (Å²) >= 11 is 0. The standard InChI is InChI=1S/C10H12FN3/c1-5(2)9-13-8-4-7(11)6(3)12-10(8)14-9/h4-5H,1-3H3,(H,12,13,14). The first kappa shape index (κ1) is 9.12. The van der Waals surface area contributed by atoms with E-state index in [2.05, 4.69) is 15.0 Å². The maximum absolute atomic E-state index is 13.1. The number of aromatic nitrogens is 3. The minimum Gasteiger partial charge on any atom is -0.326 e. The Morgan fingerprint density at radius 3 is 2.71 bits per heavy atom. The number of hydrogen-bond donors (Lipinski definition) is 1. The summed E-state index contributed by atoms with van der Waals surface area (Å²) < 4.78 is 13.1. The number of aryl methyl sites for hydroxylation is 1. The van der Waals surface area contributed by atoms with Gasteiger partial charge in [-0.25, -0.2) is 14.4 Å². The normalized spacial score (nSPS) is 11.5. The summed E-state index contributed by atoms with van der Waals surface area (Å²) in [5.41, 5.74) is 1.65. The number of hydrogen-bond acceptors (Lipinski definition) is 2. The third-order valence-corrected chi connectivity index (χ3v) is 2.17. The molecule has 0 aromatic carbocycles. The minimum atomic E-state index is -0.306. The van der Waals surface area contributed by atoms with Gasteiger partial charge in [-0.3, -0.25) is 0 Å². The monoisotopic (exact) mass is 193 g/mol. The second-order valence-electron chi connectivity index (χ2n) is 3.70. The molecule has 2 heterocycles. The van der Waals surface area contributed by atoms with Crippen molar-refractivity contribution in [3.63, 3.8) is 0 Å². The largest absolute Gasteiger partial charge is 0.326 e. The molecule has 14 heavy (non-hydrogen) atoms. The Kier molecular flexibility index (Phi) is 1.98. The van der Waals surface area contributed by atoms with Crippen LogP contribution < -0.4 is 0 Å².